The number of nitrogens with zero attached hydrogens (tertiary/aromatic N) is 2. The van der Waals surface area contributed by atoms with Gasteiger partial charge in [0.2, 0.25) is 0 Å². The van der Waals surface area contributed by atoms with Crippen molar-refractivity contribution in [3.05, 3.63) is 12.7 Å². The first kappa shape index (κ1) is 18.1. The van der Waals surface area contributed by atoms with E-state index >= 15 is 0 Å². The Morgan fingerprint density at radius 1 is 1.38 bits per heavy atom. The lowest BCUT2D eigenvalue weighted by Crippen LogP contribution is -2.39. The fourth-order valence-electron chi connectivity index (χ4n) is 1.46. The van der Waals surface area contributed by atoms with Crippen LogP contribution in [0.15, 0.2) is 17.6 Å². The Morgan fingerprint density at radius 3 is 2.56 bits per heavy atom. The molecule has 0 saturated heterocycles. The molecular formula is C12H26IN3. The van der Waals surface area contributed by atoms with Gasteiger partial charge in [-0.05, 0) is 26.2 Å². The summed E-state index contributed by atoms with van der Waals surface area (Å²) in [6.45, 7) is 7.80. The fraction of sp³-hybridized carbons (Fsp3) is 0.750. The maximum absolute atomic E-state index is 4.21. The molecule has 0 unspecified atom stereocenters. The van der Waals surface area contributed by atoms with Crippen molar-refractivity contribution in [2.45, 2.75) is 32.6 Å². The second kappa shape index (κ2) is 12.8. The van der Waals surface area contributed by atoms with Crippen molar-refractivity contribution in [2.75, 3.05) is 27.2 Å². The topological polar surface area (TPSA) is 27.6 Å². The van der Waals surface area contributed by atoms with Crippen LogP contribution < -0.4 is 5.32 Å². The number of rotatable bonds is 7. The minimum atomic E-state index is 0. The second-order valence-corrected chi connectivity index (χ2v) is 3.64. The first-order valence-electron chi connectivity index (χ1n) is 5.79. The van der Waals surface area contributed by atoms with Crippen molar-refractivity contribution in [3.63, 3.8) is 0 Å². The highest BCUT2D eigenvalue weighted by Gasteiger charge is 2.02. The molecule has 0 rings (SSSR count). The van der Waals surface area contributed by atoms with Crippen LogP contribution in [0.1, 0.15) is 32.6 Å². The Hall–Kier alpha value is -0.260. The normalized spacial score (nSPS) is 10.6. The van der Waals surface area contributed by atoms with Crippen LogP contribution in [0.3, 0.4) is 0 Å². The summed E-state index contributed by atoms with van der Waals surface area (Å²) in [4.78, 5) is 6.39. The smallest absolute Gasteiger partial charge is 0.193 e. The van der Waals surface area contributed by atoms with Crippen molar-refractivity contribution < 1.29 is 0 Å². The van der Waals surface area contributed by atoms with Gasteiger partial charge in [-0.15, -0.1) is 30.6 Å². The Balaban J connectivity index is 0. The fourth-order valence-corrected chi connectivity index (χ4v) is 1.46. The standard InChI is InChI=1S/C12H25N3.HI/c1-5-7-8-9-10-11-15(4)12(13-3)14-6-2;/h5H,1,6-11H2,2-4H3,(H,13,14);1H. The van der Waals surface area contributed by atoms with E-state index in [-0.39, 0.29) is 24.0 Å². The molecule has 4 heteroatoms. The van der Waals surface area contributed by atoms with Gasteiger partial charge in [0.05, 0.1) is 0 Å². The average Bonchev–Trinajstić information content (AvgIpc) is 2.25. The van der Waals surface area contributed by atoms with Gasteiger partial charge in [0.15, 0.2) is 5.96 Å². The minimum absolute atomic E-state index is 0. The van der Waals surface area contributed by atoms with Crippen LogP contribution in [0.25, 0.3) is 0 Å². The number of aliphatic imine (C=N–C) groups is 1. The van der Waals surface area contributed by atoms with E-state index in [9.17, 15) is 0 Å². The zero-order valence-electron chi connectivity index (χ0n) is 10.8. The first-order valence-corrected chi connectivity index (χ1v) is 5.79. The van der Waals surface area contributed by atoms with E-state index in [2.05, 4.69) is 35.8 Å². The van der Waals surface area contributed by atoms with Gasteiger partial charge in [-0.1, -0.05) is 12.5 Å². The monoisotopic (exact) mass is 339 g/mol. The Kier molecular flexibility index (Phi) is 14.5. The summed E-state index contributed by atoms with van der Waals surface area (Å²) in [5.74, 6) is 0.987. The zero-order valence-corrected chi connectivity index (χ0v) is 13.2. The van der Waals surface area contributed by atoms with Gasteiger partial charge < -0.3 is 10.2 Å². The van der Waals surface area contributed by atoms with E-state index in [1.807, 2.05) is 13.1 Å². The summed E-state index contributed by atoms with van der Waals surface area (Å²) in [6, 6.07) is 0. The molecule has 3 nitrogen and oxygen atoms in total. The van der Waals surface area contributed by atoms with Crippen molar-refractivity contribution in [1.82, 2.24) is 10.2 Å². The molecule has 16 heavy (non-hydrogen) atoms. The summed E-state index contributed by atoms with van der Waals surface area (Å²) >= 11 is 0. The predicted molar refractivity (Wildman–Crippen MR) is 83.7 cm³/mol. The number of allylic oxidation sites excluding steroid dienone is 1. The van der Waals surface area contributed by atoms with E-state index in [1.165, 1.54) is 19.3 Å². The lowest BCUT2D eigenvalue weighted by atomic mass is 10.2. The van der Waals surface area contributed by atoms with Gasteiger partial charge in [0.25, 0.3) is 0 Å². The number of guanidine groups is 1. The third-order valence-corrected chi connectivity index (χ3v) is 2.31. The molecule has 0 aliphatic rings. The number of halogens is 1. The van der Waals surface area contributed by atoms with Gasteiger partial charge in [-0.25, -0.2) is 0 Å². The molecule has 0 aromatic carbocycles. The van der Waals surface area contributed by atoms with Crippen LogP contribution in [0, 0.1) is 0 Å². The number of nitrogens with one attached hydrogen (secondary N) is 1. The third-order valence-electron chi connectivity index (χ3n) is 2.31. The van der Waals surface area contributed by atoms with Crippen LogP contribution in [0.5, 0.6) is 0 Å². The zero-order chi connectivity index (χ0) is 11.5. The maximum Gasteiger partial charge on any atom is 0.193 e. The van der Waals surface area contributed by atoms with Crippen molar-refractivity contribution in [2.24, 2.45) is 4.99 Å². The van der Waals surface area contributed by atoms with Crippen LogP contribution in [-0.4, -0.2) is 38.0 Å². The maximum atomic E-state index is 4.21. The van der Waals surface area contributed by atoms with Crippen molar-refractivity contribution in [3.8, 4) is 0 Å². The quantitative estimate of drug-likeness (QED) is 0.254. The average molecular weight is 339 g/mol. The predicted octanol–water partition coefficient (Wildman–Crippen LogP) is 2.88. The molecule has 0 aliphatic carbocycles. The third kappa shape index (κ3) is 9.00. The molecule has 0 amide bonds. The van der Waals surface area contributed by atoms with Crippen LogP contribution in [-0.2, 0) is 0 Å². The second-order valence-electron chi connectivity index (χ2n) is 3.64. The largest absolute Gasteiger partial charge is 0.357 e. The number of unbranched alkanes of at least 4 members (excludes halogenated alkanes) is 3. The van der Waals surface area contributed by atoms with E-state index in [4.69, 9.17) is 0 Å². The SMILES string of the molecule is C=CCCCCCN(C)C(=NC)NCC.I. The van der Waals surface area contributed by atoms with Gasteiger partial charge in [0, 0.05) is 27.2 Å². The van der Waals surface area contributed by atoms with Crippen molar-refractivity contribution in [1.29, 1.82) is 0 Å². The molecule has 0 fully saturated rings. The van der Waals surface area contributed by atoms with Gasteiger partial charge in [-0.2, -0.15) is 0 Å². The Bertz CT molecular complexity index is 193. The lowest BCUT2D eigenvalue weighted by Gasteiger charge is -2.21. The van der Waals surface area contributed by atoms with Gasteiger partial charge in [0.1, 0.15) is 0 Å². The summed E-state index contributed by atoms with van der Waals surface area (Å²) in [5, 5.41) is 3.24. The molecule has 96 valence electrons. The Morgan fingerprint density at radius 2 is 2.06 bits per heavy atom. The highest BCUT2D eigenvalue weighted by atomic mass is 127. The van der Waals surface area contributed by atoms with E-state index in [0.717, 1.165) is 25.5 Å². The molecule has 0 atom stereocenters. The molecule has 0 spiro atoms. The van der Waals surface area contributed by atoms with E-state index < -0.39 is 0 Å². The first-order chi connectivity index (χ1) is 7.26. The summed E-state index contributed by atoms with van der Waals surface area (Å²) in [7, 11) is 3.91. The summed E-state index contributed by atoms with van der Waals surface area (Å²) in [6.07, 6.45) is 6.85. The van der Waals surface area contributed by atoms with Crippen LogP contribution in [0.2, 0.25) is 0 Å². The lowest BCUT2D eigenvalue weighted by molar-refractivity contribution is 0.457. The number of hydrogen-bond donors (Lipinski definition) is 1. The molecule has 0 saturated carbocycles. The summed E-state index contributed by atoms with van der Waals surface area (Å²) < 4.78 is 0. The van der Waals surface area contributed by atoms with Crippen LogP contribution >= 0.6 is 24.0 Å². The highest BCUT2D eigenvalue weighted by molar-refractivity contribution is 14.0. The molecule has 0 aromatic heterocycles. The van der Waals surface area contributed by atoms with Crippen LogP contribution in [0.4, 0.5) is 0 Å². The highest BCUT2D eigenvalue weighted by Crippen LogP contribution is 2.01. The minimum Gasteiger partial charge on any atom is -0.357 e. The molecule has 1 N–H and O–H groups in total. The molecule has 0 aliphatic heterocycles. The molecular weight excluding hydrogens is 313 g/mol. The summed E-state index contributed by atoms with van der Waals surface area (Å²) in [5.41, 5.74) is 0. The Labute approximate surface area is 117 Å². The molecule has 0 bridgehead atoms. The van der Waals surface area contributed by atoms with E-state index in [0.29, 0.717) is 0 Å². The molecule has 0 radical (unpaired) electrons. The number of hydrogen-bond acceptors (Lipinski definition) is 1. The molecule has 0 heterocycles. The van der Waals surface area contributed by atoms with E-state index in [1.54, 1.807) is 0 Å². The van der Waals surface area contributed by atoms with Gasteiger partial charge >= 0.3 is 0 Å². The van der Waals surface area contributed by atoms with Gasteiger partial charge in [-0.3, -0.25) is 4.99 Å². The molecule has 0 aromatic rings. The van der Waals surface area contributed by atoms with Crippen molar-refractivity contribution >= 4 is 29.9 Å².